The summed E-state index contributed by atoms with van der Waals surface area (Å²) < 4.78 is 5.20. The Balaban J connectivity index is 1.63. The molecule has 1 atom stereocenters. The van der Waals surface area contributed by atoms with Crippen molar-refractivity contribution in [3.05, 3.63) is 106 Å². The zero-order valence-corrected chi connectivity index (χ0v) is 23.6. The van der Waals surface area contributed by atoms with Crippen molar-refractivity contribution in [3.8, 4) is 17.0 Å². The number of hydrogen-bond donors (Lipinski definition) is 3. The van der Waals surface area contributed by atoms with Gasteiger partial charge in [-0.15, -0.1) is 0 Å². The van der Waals surface area contributed by atoms with Crippen molar-refractivity contribution in [1.82, 2.24) is 14.9 Å². The highest BCUT2D eigenvalue weighted by Crippen LogP contribution is 2.25. The van der Waals surface area contributed by atoms with E-state index in [9.17, 15) is 19.5 Å². The Hall–Kier alpha value is -4.92. The van der Waals surface area contributed by atoms with E-state index in [0.29, 0.717) is 23.4 Å². The molecule has 1 heterocycles. The Bertz CT molecular complexity index is 1560. The number of primary amides is 1. The average molecular weight is 555 g/mol. The minimum atomic E-state index is -1.11. The van der Waals surface area contributed by atoms with Crippen LogP contribution in [0.3, 0.4) is 0 Å². The summed E-state index contributed by atoms with van der Waals surface area (Å²) >= 11 is 0. The highest BCUT2D eigenvalue weighted by molar-refractivity contribution is 5.93. The molecule has 2 amide bonds. The number of carbonyl (C=O) groups excluding carboxylic acids is 2. The second-order valence-corrected chi connectivity index (χ2v) is 10.2. The zero-order valence-electron chi connectivity index (χ0n) is 23.6. The third kappa shape index (κ3) is 6.81. The number of imidazole rings is 1. The molecule has 9 nitrogen and oxygen atoms in total. The Morgan fingerprint density at radius 2 is 1.71 bits per heavy atom. The number of nitrogens with one attached hydrogen (secondary N) is 1. The molecule has 41 heavy (non-hydrogen) atoms. The van der Waals surface area contributed by atoms with E-state index in [1.54, 1.807) is 35.4 Å². The molecule has 4 aromatic rings. The topological polar surface area (TPSA) is 139 Å². The first-order valence-corrected chi connectivity index (χ1v) is 13.3. The van der Waals surface area contributed by atoms with Crippen molar-refractivity contribution in [1.29, 1.82) is 0 Å². The molecule has 4 rings (SSSR count). The van der Waals surface area contributed by atoms with Crippen molar-refractivity contribution in [2.75, 3.05) is 7.11 Å². The van der Waals surface area contributed by atoms with Gasteiger partial charge in [0.25, 0.3) is 0 Å². The average Bonchev–Trinajstić information content (AvgIpc) is 3.43. The molecule has 4 N–H and O–H groups in total. The van der Waals surface area contributed by atoms with Crippen LogP contribution in [0.4, 0.5) is 0 Å². The molecule has 0 fully saturated rings. The summed E-state index contributed by atoms with van der Waals surface area (Å²) in [6.07, 6.45) is 2.20. The number of carbonyl (C=O) groups is 3. The van der Waals surface area contributed by atoms with Crippen LogP contribution in [-0.4, -0.2) is 44.9 Å². The third-order valence-electron chi connectivity index (χ3n) is 7.15. The van der Waals surface area contributed by atoms with E-state index in [4.69, 9.17) is 10.5 Å². The zero-order chi connectivity index (χ0) is 29.7. The molecule has 0 aliphatic heterocycles. The number of hydrogen-bond acceptors (Lipinski definition) is 5. The summed E-state index contributed by atoms with van der Waals surface area (Å²) in [7, 11) is 1.42. The van der Waals surface area contributed by atoms with E-state index in [2.05, 4.69) is 9.97 Å². The van der Waals surface area contributed by atoms with Crippen LogP contribution < -0.4 is 10.5 Å². The normalized spacial score (nSPS) is 11.6. The second-order valence-electron chi connectivity index (χ2n) is 10.2. The van der Waals surface area contributed by atoms with E-state index >= 15 is 0 Å². The number of aromatic amines is 1. The van der Waals surface area contributed by atoms with E-state index in [1.165, 1.54) is 13.2 Å². The molecule has 0 saturated heterocycles. The molecule has 3 aromatic carbocycles. The molecule has 0 bridgehead atoms. The van der Waals surface area contributed by atoms with Crippen LogP contribution in [0.5, 0.6) is 5.75 Å². The predicted octanol–water partition coefficient (Wildman–Crippen LogP) is 4.91. The van der Waals surface area contributed by atoms with E-state index in [-0.39, 0.29) is 30.3 Å². The van der Waals surface area contributed by atoms with Gasteiger partial charge in [-0.1, -0.05) is 43.3 Å². The molecule has 0 radical (unpaired) electrons. The summed E-state index contributed by atoms with van der Waals surface area (Å²) in [5.74, 6) is -1.28. The van der Waals surface area contributed by atoms with Gasteiger partial charge >= 0.3 is 5.97 Å². The summed E-state index contributed by atoms with van der Waals surface area (Å²) in [6.45, 7) is 6.05. The van der Waals surface area contributed by atoms with Gasteiger partial charge in [0.1, 0.15) is 17.1 Å². The molecular formula is C32H34N4O5. The minimum absolute atomic E-state index is 0.0237. The summed E-state index contributed by atoms with van der Waals surface area (Å²) in [5.41, 5.74) is 11.2. The van der Waals surface area contributed by atoms with Crippen molar-refractivity contribution in [3.63, 3.8) is 0 Å². The maximum absolute atomic E-state index is 13.9. The fraction of sp³-hybridized carbons (Fsp3) is 0.250. The third-order valence-corrected chi connectivity index (χ3v) is 7.15. The van der Waals surface area contributed by atoms with Gasteiger partial charge in [-0.05, 0) is 72.4 Å². The van der Waals surface area contributed by atoms with Crippen LogP contribution in [0.25, 0.3) is 11.3 Å². The molecule has 1 aromatic heterocycles. The predicted molar refractivity (Wildman–Crippen MR) is 156 cm³/mol. The molecule has 0 spiro atoms. The highest BCUT2D eigenvalue weighted by Gasteiger charge is 2.25. The standard InChI is InChI=1S/C32H34N4O5/c1-19-12-24(30(33)37)13-20(2)25(19)14-21(3)31(38)36(17-22-10-11-28(41-4)26(15-22)32(39)40)18-29-34-16-27(35-29)23-8-6-5-7-9-23/h5-13,15-16,21H,14,17-18H2,1-4H3,(H2,33,37)(H,34,35)(H,39,40). The lowest BCUT2D eigenvalue weighted by Gasteiger charge is -2.26. The van der Waals surface area contributed by atoms with Crippen molar-refractivity contribution < 1.29 is 24.2 Å². The van der Waals surface area contributed by atoms with Crippen LogP contribution in [-0.2, 0) is 24.3 Å². The maximum Gasteiger partial charge on any atom is 0.339 e. The number of aromatic carboxylic acids is 1. The second kappa shape index (κ2) is 12.5. The van der Waals surface area contributed by atoms with Gasteiger partial charge in [-0.2, -0.15) is 0 Å². The van der Waals surface area contributed by atoms with Crippen LogP contribution in [0.1, 0.15) is 55.7 Å². The van der Waals surface area contributed by atoms with Crippen molar-refractivity contribution >= 4 is 17.8 Å². The van der Waals surface area contributed by atoms with Gasteiger partial charge in [0.2, 0.25) is 11.8 Å². The van der Waals surface area contributed by atoms with E-state index in [1.807, 2.05) is 51.1 Å². The summed E-state index contributed by atoms with van der Waals surface area (Å²) in [5, 5.41) is 9.66. The lowest BCUT2D eigenvalue weighted by Crippen LogP contribution is -2.35. The lowest BCUT2D eigenvalue weighted by atomic mass is 9.91. The lowest BCUT2D eigenvalue weighted by molar-refractivity contribution is -0.136. The molecule has 0 aliphatic carbocycles. The molecule has 212 valence electrons. The molecule has 1 unspecified atom stereocenters. The number of H-pyrrole nitrogens is 1. The van der Waals surface area contributed by atoms with Gasteiger partial charge in [0.05, 0.1) is 25.5 Å². The molecule has 0 saturated carbocycles. The smallest absolute Gasteiger partial charge is 0.339 e. The fourth-order valence-corrected chi connectivity index (χ4v) is 5.00. The number of ether oxygens (including phenoxy) is 1. The first-order valence-electron chi connectivity index (χ1n) is 13.3. The van der Waals surface area contributed by atoms with Crippen LogP contribution in [0.2, 0.25) is 0 Å². The number of benzene rings is 3. The fourth-order valence-electron chi connectivity index (χ4n) is 5.00. The van der Waals surface area contributed by atoms with Crippen LogP contribution in [0, 0.1) is 19.8 Å². The highest BCUT2D eigenvalue weighted by atomic mass is 16.5. The Labute approximate surface area is 239 Å². The molecule has 9 heteroatoms. The van der Waals surface area contributed by atoms with Crippen LogP contribution in [0.15, 0.2) is 66.9 Å². The van der Waals surface area contributed by atoms with Crippen LogP contribution >= 0.6 is 0 Å². The number of carboxylic acids is 1. The minimum Gasteiger partial charge on any atom is -0.496 e. The quantitative estimate of drug-likeness (QED) is 0.241. The van der Waals surface area contributed by atoms with Gasteiger partial charge in [-0.3, -0.25) is 9.59 Å². The number of nitrogens with zero attached hydrogens (tertiary/aromatic N) is 2. The number of aryl methyl sites for hydroxylation is 2. The van der Waals surface area contributed by atoms with Gasteiger partial charge < -0.3 is 25.5 Å². The number of amides is 2. The number of methoxy groups -OCH3 is 1. The van der Waals surface area contributed by atoms with Crippen molar-refractivity contribution in [2.45, 2.75) is 40.3 Å². The number of rotatable bonds is 11. The van der Waals surface area contributed by atoms with E-state index < -0.39 is 17.8 Å². The van der Waals surface area contributed by atoms with Gasteiger partial charge in [0, 0.05) is 18.0 Å². The first kappa shape index (κ1) is 29.1. The Kier molecular flexibility index (Phi) is 8.87. The SMILES string of the molecule is COc1ccc(CN(Cc2ncc(-c3ccccc3)[nH]2)C(=O)C(C)Cc2c(C)cc(C(N)=O)cc2C)cc1C(=O)O. The number of nitrogens with two attached hydrogens (primary N) is 1. The Morgan fingerprint density at radius 1 is 1.02 bits per heavy atom. The van der Waals surface area contributed by atoms with E-state index in [0.717, 1.165) is 27.9 Å². The molecule has 0 aliphatic rings. The van der Waals surface area contributed by atoms with Gasteiger partial charge in [-0.25, -0.2) is 9.78 Å². The number of aromatic nitrogens is 2. The van der Waals surface area contributed by atoms with Crippen molar-refractivity contribution in [2.24, 2.45) is 11.7 Å². The largest absolute Gasteiger partial charge is 0.496 e. The maximum atomic E-state index is 13.9. The Morgan fingerprint density at radius 3 is 2.32 bits per heavy atom. The summed E-state index contributed by atoms with van der Waals surface area (Å²) in [4.78, 5) is 47.0. The first-order chi connectivity index (χ1) is 19.6. The monoisotopic (exact) mass is 554 g/mol. The molecular weight excluding hydrogens is 520 g/mol. The van der Waals surface area contributed by atoms with Gasteiger partial charge in [0.15, 0.2) is 0 Å². The number of carboxylic acid groups (broad SMARTS) is 1. The summed E-state index contributed by atoms with van der Waals surface area (Å²) in [6, 6.07) is 18.1.